The molecule has 0 radical (unpaired) electrons. The van der Waals surface area contributed by atoms with Crippen molar-refractivity contribution >= 4 is 40.9 Å². The van der Waals surface area contributed by atoms with Gasteiger partial charge in [0.15, 0.2) is 0 Å². The van der Waals surface area contributed by atoms with Crippen LogP contribution in [0.25, 0.3) is 0 Å². The van der Waals surface area contributed by atoms with Gasteiger partial charge in [0.1, 0.15) is 5.75 Å². The van der Waals surface area contributed by atoms with E-state index in [9.17, 15) is 29.5 Å². The van der Waals surface area contributed by atoms with Crippen molar-refractivity contribution in [2.45, 2.75) is 25.7 Å². The number of rotatable bonds is 2. The molecule has 4 amide bonds. The number of allylic oxidation sites excluding steroid dienone is 2. The maximum absolute atomic E-state index is 14.1. The summed E-state index contributed by atoms with van der Waals surface area (Å²) < 4.78 is 0. The van der Waals surface area contributed by atoms with Gasteiger partial charge in [0, 0.05) is 10.9 Å². The first-order valence-corrected chi connectivity index (χ1v) is 12.2. The average molecular weight is 507 g/mol. The second-order valence-electron chi connectivity index (χ2n) is 10.2. The Balaban J connectivity index is 1.56. The van der Waals surface area contributed by atoms with Crippen LogP contribution in [0.15, 0.2) is 60.2 Å². The third kappa shape index (κ3) is 2.85. The van der Waals surface area contributed by atoms with Crippen molar-refractivity contribution in [1.82, 2.24) is 5.06 Å². The molecule has 8 nitrogen and oxygen atoms in total. The standard InChI is InChI=1S/C27H23ClN2O6/c1-27-19(24(33)29(26(27)35)13-5-3-2-4-6-13)12-18-15(22(27)16-8-7-14(31)11-20(16)28)9-10-17-21(18)25(34)30(36)23(17)32/h2-9,11,17-19,21-22,31,36H,10,12H2,1H3/t17-,18+,19-,21-,22+,27+/m0/s1. The Kier molecular flexibility index (Phi) is 4.94. The Hall–Kier alpha value is -3.49. The molecule has 1 saturated carbocycles. The minimum Gasteiger partial charge on any atom is -0.508 e. The van der Waals surface area contributed by atoms with Crippen LogP contribution in [0, 0.1) is 29.1 Å². The Morgan fingerprint density at radius 3 is 2.39 bits per heavy atom. The van der Waals surface area contributed by atoms with E-state index in [0.717, 1.165) is 5.57 Å². The normalized spacial score (nSPS) is 33.4. The fraction of sp³-hybridized carbons (Fsp3) is 0.333. The molecule has 2 heterocycles. The first kappa shape index (κ1) is 22.9. The molecule has 2 aliphatic carbocycles. The lowest BCUT2D eigenvalue weighted by Gasteiger charge is -2.49. The van der Waals surface area contributed by atoms with Gasteiger partial charge in [-0.1, -0.05) is 47.5 Å². The summed E-state index contributed by atoms with van der Waals surface area (Å²) in [7, 11) is 0. The SMILES string of the molecule is C[C@@]12C(=O)N(c3ccccc3)C(=O)[C@@H]1C[C@@H]1C(=CC[C@@H]3C(=O)N(O)C(=O)[C@@H]31)[C@@H]2c1ccc(O)cc1Cl. The molecule has 6 atom stereocenters. The molecule has 2 N–H and O–H groups in total. The molecular weight excluding hydrogens is 484 g/mol. The van der Waals surface area contributed by atoms with E-state index >= 15 is 0 Å². The number of amides is 4. The summed E-state index contributed by atoms with van der Waals surface area (Å²) >= 11 is 6.60. The van der Waals surface area contributed by atoms with Crippen LogP contribution in [-0.2, 0) is 19.2 Å². The van der Waals surface area contributed by atoms with Gasteiger partial charge >= 0.3 is 0 Å². The van der Waals surface area contributed by atoms with E-state index in [0.29, 0.717) is 11.3 Å². The van der Waals surface area contributed by atoms with Gasteiger partial charge < -0.3 is 5.11 Å². The average Bonchev–Trinajstić information content (AvgIpc) is 3.20. The number of anilines is 1. The lowest BCUT2D eigenvalue weighted by atomic mass is 9.51. The number of phenols is 1. The van der Waals surface area contributed by atoms with Crippen LogP contribution in [0.3, 0.4) is 0 Å². The third-order valence-electron chi connectivity index (χ3n) is 8.56. The molecule has 4 aliphatic rings. The van der Waals surface area contributed by atoms with E-state index in [1.54, 1.807) is 43.3 Å². The first-order valence-electron chi connectivity index (χ1n) is 11.8. The highest BCUT2D eigenvalue weighted by Crippen LogP contribution is 2.64. The van der Waals surface area contributed by atoms with E-state index in [-0.39, 0.29) is 40.5 Å². The topological polar surface area (TPSA) is 115 Å². The Bertz CT molecular complexity index is 1370. The van der Waals surface area contributed by atoms with Gasteiger partial charge in [0.25, 0.3) is 11.8 Å². The predicted octanol–water partition coefficient (Wildman–Crippen LogP) is 3.67. The number of para-hydroxylation sites is 1. The molecular formula is C27H23ClN2O6. The molecule has 6 rings (SSSR count). The molecule has 9 heteroatoms. The van der Waals surface area contributed by atoms with E-state index in [4.69, 9.17) is 11.6 Å². The highest BCUT2D eigenvalue weighted by molar-refractivity contribution is 6.32. The molecule has 36 heavy (non-hydrogen) atoms. The van der Waals surface area contributed by atoms with E-state index in [2.05, 4.69) is 0 Å². The number of hydrogen-bond acceptors (Lipinski definition) is 6. The lowest BCUT2D eigenvalue weighted by molar-refractivity contribution is -0.173. The second kappa shape index (κ2) is 7.75. The maximum Gasteiger partial charge on any atom is 0.257 e. The first-order chi connectivity index (χ1) is 17.2. The van der Waals surface area contributed by atoms with Gasteiger partial charge in [-0.05, 0) is 55.5 Å². The van der Waals surface area contributed by atoms with Gasteiger partial charge in [-0.15, -0.1) is 0 Å². The van der Waals surface area contributed by atoms with E-state index in [1.165, 1.54) is 17.0 Å². The number of hydroxylamine groups is 2. The zero-order chi connectivity index (χ0) is 25.5. The smallest absolute Gasteiger partial charge is 0.257 e. The molecule has 2 aliphatic heterocycles. The molecule has 2 saturated heterocycles. The second-order valence-corrected chi connectivity index (χ2v) is 10.6. The minimum atomic E-state index is -1.22. The van der Waals surface area contributed by atoms with Crippen molar-refractivity contribution in [2.24, 2.45) is 29.1 Å². The van der Waals surface area contributed by atoms with Crippen molar-refractivity contribution in [2.75, 3.05) is 4.90 Å². The predicted molar refractivity (Wildman–Crippen MR) is 128 cm³/mol. The molecule has 0 bridgehead atoms. The molecule has 0 aromatic heterocycles. The van der Waals surface area contributed by atoms with Gasteiger partial charge in [0.2, 0.25) is 11.8 Å². The molecule has 2 aromatic carbocycles. The molecule has 0 unspecified atom stereocenters. The quantitative estimate of drug-likeness (QED) is 0.365. The van der Waals surface area contributed by atoms with Crippen LogP contribution < -0.4 is 4.90 Å². The van der Waals surface area contributed by atoms with E-state index in [1.807, 2.05) is 6.08 Å². The van der Waals surface area contributed by atoms with Crippen LogP contribution in [0.2, 0.25) is 5.02 Å². The highest BCUT2D eigenvalue weighted by atomic mass is 35.5. The highest BCUT2D eigenvalue weighted by Gasteiger charge is 2.67. The maximum atomic E-state index is 14.1. The molecule has 3 fully saturated rings. The van der Waals surface area contributed by atoms with Crippen molar-refractivity contribution in [3.63, 3.8) is 0 Å². The van der Waals surface area contributed by atoms with Crippen molar-refractivity contribution in [3.8, 4) is 5.75 Å². The van der Waals surface area contributed by atoms with Gasteiger partial charge in [-0.25, -0.2) is 4.90 Å². The van der Waals surface area contributed by atoms with Gasteiger partial charge in [-0.2, -0.15) is 5.06 Å². The Labute approximate surface area is 211 Å². The number of fused-ring (bicyclic) bond motifs is 4. The largest absolute Gasteiger partial charge is 0.508 e. The monoisotopic (exact) mass is 506 g/mol. The number of hydrogen-bond donors (Lipinski definition) is 2. The fourth-order valence-corrected chi connectivity index (χ4v) is 7.20. The van der Waals surface area contributed by atoms with Crippen molar-refractivity contribution in [1.29, 1.82) is 0 Å². The van der Waals surface area contributed by atoms with Crippen molar-refractivity contribution in [3.05, 3.63) is 70.8 Å². The summed E-state index contributed by atoms with van der Waals surface area (Å²) in [6.45, 7) is 1.76. The number of halogens is 1. The number of carbonyl (C=O) groups excluding carboxylic acids is 4. The number of phenolic OH excluding ortho intramolecular Hbond substituents is 1. The Morgan fingerprint density at radius 2 is 1.69 bits per heavy atom. The summed E-state index contributed by atoms with van der Waals surface area (Å²) in [5.41, 5.74) is 0.565. The molecule has 2 aromatic rings. The number of imide groups is 2. The zero-order valence-corrected chi connectivity index (χ0v) is 20.1. The third-order valence-corrected chi connectivity index (χ3v) is 8.89. The molecule has 0 spiro atoms. The summed E-state index contributed by atoms with van der Waals surface area (Å²) in [6, 6.07) is 13.2. The van der Waals surface area contributed by atoms with Crippen LogP contribution in [0.4, 0.5) is 5.69 Å². The summed E-state index contributed by atoms with van der Waals surface area (Å²) in [4.78, 5) is 54.7. The summed E-state index contributed by atoms with van der Waals surface area (Å²) in [6.07, 6.45) is 2.29. The van der Waals surface area contributed by atoms with Crippen LogP contribution >= 0.6 is 11.6 Å². The van der Waals surface area contributed by atoms with E-state index < -0.39 is 46.8 Å². The number of benzene rings is 2. The summed E-state index contributed by atoms with van der Waals surface area (Å²) in [5, 5.41) is 20.5. The fourth-order valence-electron chi connectivity index (χ4n) is 6.92. The zero-order valence-electron chi connectivity index (χ0n) is 19.3. The summed E-state index contributed by atoms with van der Waals surface area (Å²) in [5.74, 6) is -5.62. The van der Waals surface area contributed by atoms with Crippen LogP contribution in [0.5, 0.6) is 5.75 Å². The Morgan fingerprint density at radius 1 is 0.972 bits per heavy atom. The minimum absolute atomic E-state index is 0.0391. The number of aromatic hydroxyl groups is 1. The number of nitrogens with zero attached hydrogens (tertiary/aromatic N) is 2. The van der Waals surface area contributed by atoms with Crippen LogP contribution in [0.1, 0.15) is 31.2 Å². The van der Waals surface area contributed by atoms with Gasteiger partial charge in [0.05, 0.1) is 28.9 Å². The lowest BCUT2D eigenvalue weighted by Crippen LogP contribution is -2.48. The van der Waals surface area contributed by atoms with Crippen molar-refractivity contribution < 1.29 is 29.5 Å². The van der Waals surface area contributed by atoms with Crippen LogP contribution in [-0.4, -0.2) is 39.0 Å². The molecule has 184 valence electrons. The van der Waals surface area contributed by atoms with Gasteiger partial charge in [-0.3, -0.25) is 24.4 Å². The number of carbonyl (C=O) groups is 4.